The number of fused-ring (bicyclic) bond motifs is 1. The van der Waals surface area contributed by atoms with E-state index < -0.39 is 29.1 Å². The number of allylic oxidation sites excluding steroid dienone is 1. The van der Waals surface area contributed by atoms with Crippen LogP contribution in [0.4, 0.5) is 5.69 Å². The van der Waals surface area contributed by atoms with Crippen molar-refractivity contribution in [2.45, 2.75) is 63.8 Å². The molecule has 4 fully saturated rings. The molecule has 3 heterocycles. The summed E-state index contributed by atoms with van der Waals surface area (Å²) < 4.78 is 17.4. The molecule has 2 saturated carbocycles. The Labute approximate surface area is 272 Å². The monoisotopic (exact) mass is 635 g/mol. The first-order valence-corrected chi connectivity index (χ1v) is 16.6. The molecule has 0 bridgehead atoms. The summed E-state index contributed by atoms with van der Waals surface area (Å²) in [7, 11) is 3.98. The van der Waals surface area contributed by atoms with Gasteiger partial charge in [0, 0.05) is 50.2 Å². The van der Waals surface area contributed by atoms with Gasteiger partial charge in [-0.1, -0.05) is 38.1 Å². The molecule has 8 atom stereocenters. The summed E-state index contributed by atoms with van der Waals surface area (Å²) in [6.07, 6.45) is 8.88. The van der Waals surface area contributed by atoms with Crippen molar-refractivity contribution < 1.29 is 34.0 Å². The Bertz CT molecular complexity index is 1410. The van der Waals surface area contributed by atoms with Gasteiger partial charge in [-0.2, -0.15) is 0 Å². The Balaban J connectivity index is 1.29. The van der Waals surface area contributed by atoms with E-state index in [1.165, 1.54) is 0 Å². The topological polar surface area (TPSA) is 124 Å². The lowest BCUT2D eigenvalue weighted by atomic mass is 9.44. The number of ether oxygens (including phenoxy) is 3. The molecule has 1 amide bonds. The molecule has 10 heteroatoms. The molecular weight excluding hydrogens is 586 g/mol. The summed E-state index contributed by atoms with van der Waals surface area (Å²) >= 11 is 0. The summed E-state index contributed by atoms with van der Waals surface area (Å²) in [4.78, 5) is 30.3. The minimum absolute atomic E-state index is 0.0302. The van der Waals surface area contributed by atoms with Crippen LogP contribution in [0, 0.1) is 22.7 Å². The summed E-state index contributed by atoms with van der Waals surface area (Å²) in [6.45, 7) is 8.70. The quantitative estimate of drug-likeness (QED) is 0.292. The number of aliphatic hydroxyl groups excluding tert-OH is 2. The highest BCUT2D eigenvalue weighted by Crippen LogP contribution is 2.65. The molecule has 0 radical (unpaired) electrons. The van der Waals surface area contributed by atoms with E-state index in [1.807, 2.05) is 74.2 Å². The van der Waals surface area contributed by atoms with Crippen molar-refractivity contribution in [3.8, 4) is 0 Å². The van der Waals surface area contributed by atoms with Gasteiger partial charge in [-0.25, -0.2) is 4.79 Å². The summed E-state index contributed by atoms with van der Waals surface area (Å²) in [5, 5.41) is 25.5. The number of epoxide rings is 1. The van der Waals surface area contributed by atoms with Crippen LogP contribution >= 0.6 is 0 Å². The summed E-state index contributed by atoms with van der Waals surface area (Å²) in [5.41, 5.74) is 0.850. The van der Waals surface area contributed by atoms with E-state index in [4.69, 9.17) is 14.2 Å². The molecule has 3 aliphatic heterocycles. The number of amides is 1. The number of anilines is 1. The zero-order valence-electron chi connectivity index (χ0n) is 27.7. The predicted molar refractivity (Wildman–Crippen MR) is 175 cm³/mol. The maximum atomic E-state index is 13.4. The first kappa shape index (κ1) is 32.9. The van der Waals surface area contributed by atoms with Crippen LogP contribution in [0.3, 0.4) is 0 Å². The molecule has 1 aromatic rings. The van der Waals surface area contributed by atoms with E-state index in [-0.39, 0.29) is 35.8 Å². The molecule has 5 aliphatic rings. The third-order valence-electron chi connectivity index (χ3n) is 11.5. The van der Waals surface area contributed by atoms with Crippen LogP contribution in [0.15, 0.2) is 53.8 Å². The average molecular weight is 636 g/mol. The highest BCUT2D eigenvalue weighted by molar-refractivity contribution is 5.96. The van der Waals surface area contributed by atoms with Gasteiger partial charge in [0.2, 0.25) is 5.91 Å². The van der Waals surface area contributed by atoms with Crippen LogP contribution in [-0.2, 0) is 23.8 Å². The smallest absolute Gasteiger partial charge is 0.343 e. The van der Waals surface area contributed by atoms with Gasteiger partial charge in [0.15, 0.2) is 0 Å². The lowest BCUT2D eigenvalue weighted by Gasteiger charge is -2.62. The lowest BCUT2D eigenvalue weighted by molar-refractivity contribution is -0.174. The number of cyclic esters (lactones) is 1. The molecule has 6 rings (SSSR count). The van der Waals surface area contributed by atoms with Crippen molar-refractivity contribution in [2.24, 2.45) is 22.7 Å². The SMILES string of the molecule is CC(NC1CC2[C@](C)(CC[C@@H](O)[C@@]2(C)CO)C(/C=C/C2=CC(=C\c3ccc(N(C)C)cc3)/OC2=O)C12CO2)C(=O)N1CCOCC1. The van der Waals surface area contributed by atoms with Crippen molar-refractivity contribution in [1.82, 2.24) is 10.2 Å². The average Bonchev–Trinajstić information content (AvgIpc) is 3.76. The first-order valence-electron chi connectivity index (χ1n) is 16.6. The fourth-order valence-corrected chi connectivity index (χ4v) is 8.59. The largest absolute Gasteiger partial charge is 0.423 e. The Morgan fingerprint density at radius 3 is 2.52 bits per heavy atom. The number of nitrogens with zero attached hydrogens (tertiary/aromatic N) is 2. The third kappa shape index (κ3) is 5.83. The van der Waals surface area contributed by atoms with E-state index in [9.17, 15) is 19.8 Å². The van der Waals surface area contributed by atoms with Crippen LogP contribution in [-0.4, -0.2) is 104 Å². The van der Waals surface area contributed by atoms with Crippen LogP contribution in [0.2, 0.25) is 0 Å². The minimum atomic E-state index is -0.726. The van der Waals surface area contributed by atoms with Gasteiger partial charge < -0.3 is 39.5 Å². The highest BCUT2D eigenvalue weighted by Gasteiger charge is 2.70. The van der Waals surface area contributed by atoms with E-state index in [0.29, 0.717) is 57.1 Å². The number of carbonyl (C=O) groups excluding carboxylic acids is 2. The number of hydrogen-bond acceptors (Lipinski definition) is 9. The second kappa shape index (κ2) is 12.5. The molecule has 1 aromatic carbocycles. The van der Waals surface area contributed by atoms with Crippen LogP contribution < -0.4 is 10.2 Å². The molecule has 2 aliphatic carbocycles. The number of rotatable bonds is 8. The van der Waals surface area contributed by atoms with Gasteiger partial charge in [0.1, 0.15) is 11.4 Å². The molecule has 250 valence electrons. The molecule has 3 N–H and O–H groups in total. The normalized spacial score (nSPS) is 37.3. The maximum absolute atomic E-state index is 13.4. The number of esters is 1. The molecule has 0 aromatic heterocycles. The van der Waals surface area contributed by atoms with Crippen molar-refractivity contribution >= 4 is 23.6 Å². The molecule has 1 spiro atoms. The Kier molecular flexibility index (Phi) is 8.97. The third-order valence-corrected chi connectivity index (χ3v) is 11.5. The fourth-order valence-electron chi connectivity index (χ4n) is 8.59. The Morgan fingerprint density at radius 2 is 1.89 bits per heavy atom. The van der Waals surface area contributed by atoms with Crippen molar-refractivity contribution in [3.63, 3.8) is 0 Å². The Morgan fingerprint density at radius 1 is 1.20 bits per heavy atom. The zero-order chi connectivity index (χ0) is 32.9. The Hall–Kier alpha value is -3.02. The van der Waals surface area contributed by atoms with Gasteiger partial charge >= 0.3 is 5.97 Å². The fraction of sp³-hybridized carbons (Fsp3) is 0.611. The summed E-state index contributed by atoms with van der Waals surface area (Å²) in [5.74, 6) is -0.0971. The number of carbonyl (C=O) groups is 2. The first-order chi connectivity index (χ1) is 21.9. The number of aliphatic hydroxyl groups is 2. The van der Waals surface area contributed by atoms with Gasteiger partial charge in [-0.05, 0) is 67.4 Å². The standard InChI is InChI=1S/C36H49N3O7/c1-23(32(42)39-14-16-44-17-15-39)37-30-20-29-34(2,13-12-31(41)35(29,3)21-40)28(36(30)22-45-36)11-8-25-19-27(46-33(25)43)18-24-6-9-26(10-7-24)38(4)5/h6-11,18-19,23,28-31,37,40-41H,12-17,20-22H2,1-5H3/b11-8+,27-18+/t23?,28?,29?,30?,31-,34-,35+,36?/m1/s1. The van der Waals surface area contributed by atoms with Gasteiger partial charge in [0.05, 0.1) is 44.1 Å². The molecule has 10 nitrogen and oxygen atoms in total. The predicted octanol–water partition coefficient (Wildman–Crippen LogP) is 2.90. The van der Waals surface area contributed by atoms with Crippen molar-refractivity contribution in [2.75, 3.05) is 58.5 Å². The molecular formula is C36H49N3O7. The lowest BCUT2D eigenvalue weighted by Crippen LogP contribution is -2.67. The van der Waals surface area contributed by atoms with E-state index in [2.05, 4.69) is 18.3 Å². The van der Waals surface area contributed by atoms with Crippen molar-refractivity contribution in [1.29, 1.82) is 0 Å². The van der Waals surface area contributed by atoms with E-state index >= 15 is 0 Å². The van der Waals surface area contributed by atoms with Gasteiger partial charge in [0.25, 0.3) is 0 Å². The zero-order valence-corrected chi connectivity index (χ0v) is 27.7. The minimum Gasteiger partial charge on any atom is -0.423 e. The highest BCUT2D eigenvalue weighted by atomic mass is 16.6. The van der Waals surface area contributed by atoms with Crippen LogP contribution in [0.1, 0.15) is 45.6 Å². The second-order valence-electron chi connectivity index (χ2n) is 14.5. The number of morpholine rings is 1. The molecule has 2 saturated heterocycles. The molecule has 46 heavy (non-hydrogen) atoms. The van der Waals surface area contributed by atoms with E-state index in [1.54, 1.807) is 6.08 Å². The molecule has 5 unspecified atom stereocenters. The number of nitrogens with one attached hydrogen (secondary N) is 1. The van der Waals surface area contributed by atoms with Crippen molar-refractivity contribution in [3.05, 3.63) is 59.4 Å². The van der Waals surface area contributed by atoms with Crippen LogP contribution in [0.25, 0.3) is 6.08 Å². The number of hydrogen-bond donors (Lipinski definition) is 3. The maximum Gasteiger partial charge on any atom is 0.343 e. The van der Waals surface area contributed by atoms with Crippen LogP contribution in [0.5, 0.6) is 0 Å². The summed E-state index contributed by atoms with van der Waals surface area (Å²) in [6, 6.07) is 7.37. The second-order valence-corrected chi connectivity index (χ2v) is 14.5. The van der Waals surface area contributed by atoms with E-state index in [0.717, 1.165) is 17.7 Å². The number of benzene rings is 1. The van der Waals surface area contributed by atoms with Gasteiger partial charge in [-0.3, -0.25) is 4.79 Å². The van der Waals surface area contributed by atoms with Gasteiger partial charge in [-0.15, -0.1) is 0 Å².